The normalized spacial score (nSPS) is 11.2. The number of aromatic nitrogens is 5. The zero-order chi connectivity index (χ0) is 22.6. The lowest BCUT2D eigenvalue weighted by molar-refractivity contribution is 0.767. The molecule has 33 heavy (non-hydrogen) atoms. The Hall–Kier alpha value is -4.59. The van der Waals surface area contributed by atoms with Gasteiger partial charge >= 0.3 is 0 Å². The van der Waals surface area contributed by atoms with E-state index < -0.39 is 0 Å². The molecule has 0 amide bonds. The van der Waals surface area contributed by atoms with Gasteiger partial charge in [-0.3, -0.25) is 0 Å². The third-order valence-electron chi connectivity index (χ3n) is 5.00. The van der Waals surface area contributed by atoms with Gasteiger partial charge in [-0.1, -0.05) is 54.6 Å². The van der Waals surface area contributed by atoms with Crippen molar-refractivity contribution >= 4 is 34.6 Å². The van der Waals surface area contributed by atoms with E-state index in [4.69, 9.17) is 0 Å². The summed E-state index contributed by atoms with van der Waals surface area (Å²) in [6, 6.07) is 26.1. The van der Waals surface area contributed by atoms with Crippen molar-refractivity contribution < 1.29 is 0 Å². The number of anilines is 3. The molecule has 0 aliphatic rings. The molecule has 0 aliphatic heterocycles. The Morgan fingerprint density at radius 2 is 1.55 bits per heavy atom. The third kappa shape index (κ3) is 4.69. The molecule has 0 saturated heterocycles. The van der Waals surface area contributed by atoms with Crippen LogP contribution in [0.1, 0.15) is 17.0 Å². The van der Waals surface area contributed by atoms with Crippen LogP contribution in [-0.2, 0) is 0 Å². The van der Waals surface area contributed by atoms with E-state index in [1.807, 2.05) is 68.4 Å². The Labute approximate surface area is 191 Å². The van der Waals surface area contributed by atoms with Crippen LogP contribution in [0.15, 0.2) is 84.0 Å². The Morgan fingerprint density at radius 3 is 2.33 bits per heavy atom. The average molecular weight is 435 g/mol. The van der Waals surface area contributed by atoms with Gasteiger partial charge in [-0.05, 0) is 54.4 Å². The van der Waals surface area contributed by atoms with Gasteiger partial charge in [0, 0.05) is 11.4 Å². The molecule has 8 nitrogen and oxygen atoms in total. The molecule has 8 heteroatoms. The molecule has 0 atom stereocenters. The van der Waals surface area contributed by atoms with Crippen molar-refractivity contribution in [1.29, 1.82) is 0 Å². The molecule has 0 fully saturated rings. The van der Waals surface area contributed by atoms with E-state index in [0.29, 0.717) is 17.8 Å². The van der Waals surface area contributed by atoms with Crippen molar-refractivity contribution in [2.75, 3.05) is 10.7 Å². The maximum absolute atomic E-state index is 4.55. The lowest BCUT2D eigenvalue weighted by Crippen LogP contribution is -2.11. The van der Waals surface area contributed by atoms with Gasteiger partial charge in [0.15, 0.2) is 0 Å². The molecule has 2 N–H and O–H groups in total. The predicted molar refractivity (Wildman–Crippen MR) is 131 cm³/mol. The molecule has 162 valence electrons. The lowest BCUT2D eigenvalue weighted by atomic mass is 10.1. The molecule has 3 aromatic carbocycles. The number of fused-ring (bicyclic) bond motifs is 1. The van der Waals surface area contributed by atoms with Crippen LogP contribution in [0.5, 0.6) is 0 Å². The first-order valence-corrected chi connectivity index (χ1v) is 10.5. The standard InChI is InChI=1S/C25H22N8/c1-17-14-18(2)33(32-17)25-29-23(27-22-10-4-3-5-11-22)28-24(30-25)31-26-16-19-12-13-20-8-6-7-9-21(20)15-19/h3-16H,1-2H3,(H2,27,28,29,30,31). The lowest BCUT2D eigenvalue weighted by Gasteiger charge is -2.09. The van der Waals surface area contributed by atoms with Gasteiger partial charge in [0.2, 0.25) is 11.9 Å². The summed E-state index contributed by atoms with van der Waals surface area (Å²) < 4.78 is 1.69. The van der Waals surface area contributed by atoms with Gasteiger partial charge in [-0.2, -0.15) is 25.2 Å². The van der Waals surface area contributed by atoms with E-state index in [-0.39, 0.29) is 0 Å². The molecule has 5 rings (SSSR count). The second-order valence-electron chi connectivity index (χ2n) is 7.59. The summed E-state index contributed by atoms with van der Waals surface area (Å²) in [6.07, 6.45) is 1.74. The number of benzene rings is 3. The van der Waals surface area contributed by atoms with Gasteiger partial charge < -0.3 is 5.32 Å². The number of para-hydroxylation sites is 1. The molecule has 0 unspecified atom stereocenters. The van der Waals surface area contributed by atoms with Gasteiger partial charge in [-0.25, -0.2) is 10.1 Å². The molecule has 5 aromatic rings. The monoisotopic (exact) mass is 434 g/mol. The second-order valence-corrected chi connectivity index (χ2v) is 7.59. The highest BCUT2D eigenvalue weighted by atomic mass is 15.4. The van der Waals surface area contributed by atoms with E-state index in [2.05, 4.69) is 60.2 Å². The smallest absolute Gasteiger partial charge is 0.257 e. The van der Waals surface area contributed by atoms with Gasteiger partial charge in [-0.15, -0.1) is 0 Å². The van der Waals surface area contributed by atoms with Crippen LogP contribution in [-0.4, -0.2) is 30.9 Å². The van der Waals surface area contributed by atoms with Crippen molar-refractivity contribution in [3.8, 4) is 5.95 Å². The fourth-order valence-electron chi connectivity index (χ4n) is 3.50. The minimum absolute atomic E-state index is 0.308. The maximum Gasteiger partial charge on any atom is 0.257 e. The highest BCUT2D eigenvalue weighted by molar-refractivity contribution is 5.90. The zero-order valence-corrected chi connectivity index (χ0v) is 18.3. The summed E-state index contributed by atoms with van der Waals surface area (Å²) in [7, 11) is 0. The number of hydrogen-bond acceptors (Lipinski definition) is 7. The van der Waals surface area contributed by atoms with Crippen molar-refractivity contribution in [2.45, 2.75) is 13.8 Å². The van der Waals surface area contributed by atoms with Gasteiger partial charge in [0.05, 0.1) is 11.9 Å². The third-order valence-corrected chi connectivity index (χ3v) is 5.00. The Bertz CT molecular complexity index is 1440. The van der Waals surface area contributed by atoms with Crippen LogP contribution in [0, 0.1) is 13.8 Å². The molecule has 0 spiro atoms. The largest absolute Gasteiger partial charge is 0.324 e. The fourth-order valence-corrected chi connectivity index (χ4v) is 3.50. The Kier molecular flexibility index (Phi) is 5.47. The minimum atomic E-state index is 0.308. The Morgan fingerprint density at radius 1 is 0.788 bits per heavy atom. The number of aryl methyl sites for hydroxylation is 2. The molecule has 0 saturated carbocycles. The molecule has 2 aromatic heterocycles. The summed E-state index contributed by atoms with van der Waals surface area (Å²) in [5, 5.41) is 14.4. The highest BCUT2D eigenvalue weighted by Crippen LogP contribution is 2.17. The van der Waals surface area contributed by atoms with Crippen LogP contribution >= 0.6 is 0 Å². The average Bonchev–Trinajstić information content (AvgIpc) is 3.17. The van der Waals surface area contributed by atoms with Gasteiger partial charge in [0.25, 0.3) is 5.95 Å². The first kappa shape index (κ1) is 20.3. The van der Waals surface area contributed by atoms with E-state index >= 15 is 0 Å². The summed E-state index contributed by atoms with van der Waals surface area (Å²) in [4.78, 5) is 13.5. The van der Waals surface area contributed by atoms with Crippen LogP contribution in [0.3, 0.4) is 0 Å². The van der Waals surface area contributed by atoms with Crippen LogP contribution in [0.4, 0.5) is 17.6 Å². The number of nitrogens with zero attached hydrogens (tertiary/aromatic N) is 6. The van der Waals surface area contributed by atoms with E-state index in [0.717, 1.165) is 28.0 Å². The molecule has 0 bridgehead atoms. The van der Waals surface area contributed by atoms with Crippen LogP contribution in [0.25, 0.3) is 16.7 Å². The number of hydrogen-bond donors (Lipinski definition) is 2. The number of hydrazone groups is 1. The zero-order valence-electron chi connectivity index (χ0n) is 18.3. The number of nitrogens with one attached hydrogen (secondary N) is 2. The summed E-state index contributed by atoms with van der Waals surface area (Å²) in [5.41, 5.74) is 6.58. The van der Waals surface area contributed by atoms with Crippen LogP contribution in [0.2, 0.25) is 0 Å². The molecule has 0 aliphatic carbocycles. The Balaban J connectivity index is 1.44. The van der Waals surface area contributed by atoms with Crippen molar-refractivity contribution in [2.24, 2.45) is 5.10 Å². The molecule has 0 radical (unpaired) electrons. The molecular formula is C25H22N8. The van der Waals surface area contributed by atoms with E-state index in [9.17, 15) is 0 Å². The summed E-state index contributed by atoms with van der Waals surface area (Å²) >= 11 is 0. The van der Waals surface area contributed by atoms with Crippen LogP contribution < -0.4 is 10.7 Å². The van der Waals surface area contributed by atoms with E-state index in [1.165, 1.54) is 5.39 Å². The number of rotatable bonds is 6. The highest BCUT2D eigenvalue weighted by Gasteiger charge is 2.12. The summed E-state index contributed by atoms with van der Waals surface area (Å²) in [6.45, 7) is 3.89. The topological polar surface area (TPSA) is 92.9 Å². The predicted octanol–water partition coefficient (Wildman–Crippen LogP) is 5.02. The maximum atomic E-state index is 4.55. The molecule has 2 heterocycles. The minimum Gasteiger partial charge on any atom is -0.324 e. The first-order chi connectivity index (χ1) is 16.1. The van der Waals surface area contributed by atoms with Crippen molar-refractivity contribution in [3.63, 3.8) is 0 Å². The summed E-state index contributed by atoms with van der Waals surface area (Å²) in [5.74, 6) is 1.10. The molecular weight excluding hydrogens is 412 g/mol. The van der Waals surface area contributed by atoms with Crippen molar-refractivity contribution in [1.82, 2.24) is 24.7 Å². The van der Waals surface area contributed by atoms with E-state index in [1.54, 1.807) is 10.9 Å². The quantitative estimate of drug-likeness (QED) is 0.288. The fraction of sp³-hybridized carbons (Fsp3) is 0.0800. The first-order valence-electron chi connectivity index (χ1n) is 10.5. The van der Waals surface area contributed by atoms with Gasteiger partial charge in [0.1, 0.15) is 0 Å². The second kappa shape index (κ2) is 8.88. The van der Waals surface area contributed by atoms with Crippen molar-refractivity contribution in [3.05, 3.63) is 95.8 Å². The SMILES string of the molecule is Cc1cc(C)n(-c2nc(NN=Cc3ccc4ccccc4c3)nc(Nc3ccccc3)n2)n1.